The van der Waals surface area contributed by atoms with Gasteiger partial charge >= 0.3 is 0 Å². The van der Waals surface area contributed by atoms with Crippen molar-refractivity contribution in [2.45, 2.75) is 47.1 Å². The van der Waals surface area contributed by atoms with Gasteiger partial charge in [-0.05, 0) is 23.2 Å². The molecule has 1 aliphatic heterocycles. The van der Waals surface area contributed by atoms with E-state index in [0.717, 1.165) is 13.0 Å². The molecule has 2 atom stereocenters. The first-order valence-electron chi connectivity index (χ1n) is 6.66. The Hall–Kier alpha value is -0.570. The predicted octanol–water partition coefficient (Wildman–Crippen LogP) is 1.90. The van der Waals surface area contributed by atoms with Crippen molar-refractivity contribution in [2.75, 3.05) is 13.2 Å². The van der Waals surface area contributed by atoms with Crippen molar-refractivity contribution in [2.24, 2.45) is 22.7 Å². The van der Waals surface area contributed by atoms with Crippen LogP contribution in [0.3, 0.4) is 0 Å². The number of rotatable bonds is 2. The molecule has 1 N–H and O–H groups in total. The Kier molecular flexibility index (Phi) is 2.81. The summed E-state index contributed by atoms with van der Waals surface area (Å²) in [5, 5.41) is 9.42. The molecule has 1 saturated heterocycles. The largest absolute Gasteiger partial charge is 0.394 e. The van der Waals surface area contributed by atoms with E-state index in [1.165, 1.54) is 0 Å². The summed E-state index contributed by atoms with van der Waals surface area (Å²) >= 11 is 0. The van der Waals surface area contributed by atoms with Crippen LogP contribution in [0.2, 0.25) is 0 Å². The third-order valence-electron chi connectivity index (χ3n) is 5.62. The van der Waals surface area contributed by atoms with E-state index in [1.807, 2.05) is 4.90 Å². The maximum Gasteiger partial charge on any atom is 0.227 e. The maximum absolute atomic E-state index is 12.6. The number of aliphatic hydroxyl groups excluding tert-OH is 1. The lowest BCUT2D eigenvalue weighted by atomic mass is 10.0. The van der Waals surface area contributed by atoms with Gasteiger partial charge in [-0.1, -0.05) is 34.6 Å². The minimum absolute atomic E-state index is 0.0368. The molecule has 1 heterocycles. The zero-order chi connectivity index (χ0) is 13.0. The minimum atomic E-state index is 0.0368. The highest BCUT2D eigenvalue weighted by Crippen LogP contribution is 2.69. The minimum Gasteiger partial charge on any atom is -0.394 e. The molecule has 0 radical (unpaired) electrons. The summed E-state index contributed by atoms with van der Waals surface area (Å²) in [5.41, 5.74) is 0.186. The molecule has 3 heteroatoms. The Labute approximate surface area is 104 Å². The SMILES string of the molecule is CC1CCN(C(=O)C2C(C)(C)C2(C)C)C1CO. The fourth-order valence-electron chi connectivity index (χ4n) is 3.54. The molecule has 17 heavy (non-hydrogen) atoms. The van der Waals surface area contributed by atoms with Crippen molar-refractivity contribution in [3.05, 3.63) is 0 Å². The molecular weight excluding hydrogens is 214 g/mol. The van der Waals surface area contributed by atoms with Crippen LogP contribution in [-0.4, -0.2) is 35.1 Å². The predicted molar refractivity (Wildman–Crippen MR) is 67.4 cm³/mol. The number of carbonyl (C=O) groups excluding carboxylic acids is 1. The van der Waals surface area contributed by atoms with Crippen LogP contribution in [0.1, 0.15) is 41.0 Å². The van der Waals surface area contributed by atoms with Crippen LogP contribution in [0.4, 0.5) is 0 Å². The summed E-state index contributed by atoms with van der Waals surface area (Å²) in [6.07, 6.45) is 1.02. The molecule has 2 fully saturated rings. The van der Waals surface area contributed by atoms with Crippen LogP contribution in [0.5, 0.6) is 0 Å². The van der Waals surface area contributed by atoms with Crippen LogP contribution < -0.4 is 0 Å². The van der Waals surface area contributed by atoms with Crippen molar-refractivity contribution in [3.63, 3.8) is 0 Å². The lowest BCUT2D eigenvalue weighted by Crippen LogP contribution is -2.41. The molecule has 0 spiro atoms. The molecule has 0 aromatic rings. The molecule has 1 aliphatic carbocycles. The maximum atomic E-state index is 12.6. The van der Waals surface area contributed by atoms with Gasteiger partial charge in [0.2, 0.25) is 5.91 Å². The van der Waals surface area contributed by atoms with E-state index in [-0.39, 0.29) is 35.3 Å². The molecule has 98 valence electrons. The third kappa shape index (κ3) is 1.62. The summed E-state index contributed by atoms with van der Waals surface area (Å²) in [7, 11) is 0. The summed E-state index contributed by atoms with van der Waals surface area (Å²) in [5.74, 6) is 0.798. The van der Waals surface area contributed by atoms with Crippen molar-refractivity contribution < 1.29 is 9.90 Å². The van der Waals surface area contributed by atoms with Gasteiger partial charge in [-0.2, -0.15) is 0 Å². The van der Waals surface area contributed by atoms with Crippen molar-refractivity contribution in [1.82, 2.24) is 4.90 Å². The number of hydrogen-bond donors (Lipinski definition) is 1. The number of nitrogens with zero attached hydrogens (tertiary/aromatic N) is 1. The Morgan fingerprint density at radius 1 is 1.29 bits per heavy atom. The van der Waals surface area contributed by atoms with Crippen LogP contribution in [0.15, 0.2) is 0 Å². The topological polar surface area (TPSA) is 40.5 Å². The monoisotopic (exact) mass is 239 g/mol. The number of aliphatic hydroxyl groups is 1. The Morgan fingerprint density at radius 3 is 2.24 bits per heavy atom. The average Bonchev–Trinajstić information content (AvgIpc) is 2.55. The number of hydrogen-bond acceptors (Lipinski definition) is 2. The van der Waals surface area contributed by atoms with Gasteiger partial charge in [0.25, 0.3) is 0 Å². The second-order valence-corrected chi connectivity index (χ2v) is 6.92. The van der Waals surface area contributed by atoms with Gasteiger partial charge in [0, 0.05) is 12.5 Å². The Bertz CT molecular complexity index is 321. The van der Waals surface area contributed by atoms with E-state index < -0.39 is 0 Å². The number of likely N-dealkylation sites (tertiary alicyclic amines) is 1. The average molecular weight is 239 g/mol. The van der Waals surface area contributed by atoms with E-state index in [9.17, 15) is 9.90 Å². The second-order valence-electron chi connectivity index (χ2n) is 6.92. The smallest absolute Gasteiger partial charge is 0.227 e. The van der Waals surface area contributed by atoms with Gasteiger partial charge in [0.05, 0.1) is 12.6 Å². The van der Waals surface area contributed by atoms with E-state index in [1.54, 1.807) is 0 Å². The normalized spacial score (nSPS) is 35.1. The fourth-order valence-corrected chi connectivity index (χ4v) is 3.54. The first kappa shape index (κ1) is 12.9. The van der Waals surface area contributed by atoms with E-state index in [2.05, 4.69) is 34.6 Å². The molecule has 2 unspecified atom stereocenters. The molecular formula is C14H25NO2. The number of carbonyl (C=O) groups is 1. The molecule has 1 amide bonds. The van der Waals surface area contributed by atoms with Gasteiger partial charge in [0.15, 0.2) is 0 Å². The third-order valence-corrected chi connectivity index (χ3v) is 5.62. The highest BCUT2D eigenvalue weighted by Gasteiger charge is 2.69. The molecule has 3 nitrogen and oxygen atoms in total. The zero-order valence-corrected chi connectivity index (χ0v) is 11.7. The van der Waals surface area contributed by atoms with Gasteiger partial charge in [-0.15, -0.1) is 0 Å². The number of amides is 1. The molecule has 0 aromatic carbocycles. The molecule has 0 aromatic heterocycles. The Balaban J connectivity index is 2.13. The second kappa shape index (κ2) is 3.71. The summed E-state index contributed by atoms with van der Waals surface area (Å²) < 4.78 is 0. The quantitative estimate of drug-likeness (QED) is 0.799. The molecule has 2 aliphatic rings. The van der Waals surface area contributed by atoms with Crippen LogP contribution in [0.25, 0.3) is 0 Å². The lowest BCUT2D eigenvalue weighted by Gasteiger charge is -2.26. The van der Waals surface area contributed by atoms with Crippen molar-refractivity contribution >= 4 is 5.91 Å². The Morgan fingerprint density at radius 2 is 1.82 bits per heavy atom. The summed E-state index contributed by atoms with van der Waals surface area (Å²) in [6, 6.07) is 0.0368. The van der Waals surface area contributed by atoms with Crippen LogP contribution in [-0.2, 0) is 4.79 Å². The van der Waals surface area contributed by atoms with Gasteiger partial charge < -0.3 is 10.0 Å². The fraction of sp³-hybridized carbons (Fsp3) is 0.929. The van der Waals surface area contributed by atoms with Crippen molar-refractivity contribution in [1.29, 1.82) is 0 Å². The van der Waals surface area contributed by atoms with E-state index >= 15 is 0 Å². The van der Waals surface area contributed by atoms with Gasteiger partial charge in [-0.3, -0.25) is 4.79 Å². The van der Waals surface area contributed by atoms with Crippen LogP contribution >= 0.6 is 0 Å². The summed E-state index contributed by atoms with van der Waals surface area (Å²) in [4.78, 5) is 14.5. The molecule has 0 bridgehead atoms. The zero-order valence-electron chi connectivity index (χ0n) is 11.7. The molecule has 2 rings (SSSR count). The lowest BCUT2D eigenvalue weighted by molar-refractivity contribution is -0.135. The standard InChI is InChI=1S/C14H25NO2/c1-9-6-7-15(10(9)8-16)12(17)11-13(2,3)14(11,4)5/h9-11,16H,6-8H2,1-5H3. The van der Waals surface area contributed by atoms with E-state index in [4.69, 9.17) is 0 Å². The van der Waals surface area contributed by atoms with Crippen molar-refractivity contribution in [3.8, 4) is 0 Å². The van der Waals surface area contributed by atoms with Crippen LogP contribution in [0, 0.1) is 22.7 Å². The van der Waals surface area contributed by atoms with Gasteiger partial charge in [0.1, 0.15) is 0 Å². The van der Waals surface area contributed by atoms with E-state index in [0.29, 0.717) is 5.92 Å². The first-order chi connectivity index (χ1) is 7.75. The molecule has 1 saturated carbocycles. The highest BCUT2D eigenvalue weighted by atomic mass is 16.3. The summed E-state index contributed by atoms with van der Waals surface area (Å²) in [6.45, 7) is 11.7. The highest BCUT2D eigenvalue weighted by molar-refractivity contribution is 5.84. The van der Waals surface area contributed by atoms with Gasteiger partial charge in [-0.25, -0.2) is 0 Å². The first-order valence-corrected chi connectivity index (χ1v) is 6.66.